The van der Waals surface area contributed by atoms with Gasteiger partial charge < -0.3 is 5.11 Å². The number of hydrogen-bond donors (Lipinski definition) is 1. The van der Waals surface area contributed by atoms with Crippen molar-refractivity contribution in [3.05, 3.63) is 53.6 Å². The fraction of sp³-hybridized carbons (Fsp3) is 0.368. The highest BCUT2D eigenvalue weighted by molar-refractivity contribution is 8.01. The lowest BCUT2D eigenvalue weighted by Gasteiger charge is -2.23. The zero-order valence-corrected chi connectivity index (χ0v) is 15.8. The lowest BCUT2D eigenvalue weighted by molar-refractivity contribution is 0.467. The molecule has 0 atom stereocenters. The van der Waals surface area contributed by atoms with Gasteiger partial charge in [0.15, 0.2) is 0 Å². The van der Waals surface area contributed by atoms with Gasteiger partial charge in [0.1, 0.15) is 5.75 Å². The molecule has 0 aromatic heterocycles. The summed E-state index contributed by atoms with van der Waals surface area (Å²) < 4.78 is 0. The summed E-state index contributed by atoms with van der Waals surface area (Å²) in [4.78, 5) is 1.34. The number of aromatic hydroxyl groups is 1. The van der Waals surface area contributed by atoms with E-state index in [1.807, 2.05) is 17.8 Å². The standard InChI is InChI=1S/C19H26OSSi/c1-5-15-13-19(16(6-2)12-18(15)20)21-14-22(3,4)17-10-8-7-9-11-17/h7-13,20H,5-6,14H2,1-4H3. The highest BCUT2D eigenvalue weighted by Gasteiger charge is 2.24. The number of phenols is 1. The number of phenolic OH excluding ortho intramolecular Hbond substituents is 1. The molecule has 0 saturated heterocycles. The first kappa shape index (κ1) is 17.2. The summed E-state index contributed by atoms with van der Waals surface area (Å²) in [6.07, 6.45) is 1.84. The summed E-state index contributed by atoms with van der Waals surface area (Å²) in [5, 5.41) is 12.7. The summed E-state index contributed by atoms with van der Waals surface area (Å²) in [7, 11) is -1.44. The first-order valence-corrected chi connectivity index (χ1v) is 12.2. The van der Waals surface area contributed by atoms with Gasteiger partial charge in [0.2, 0.25) is 0 Å². The molecular formula is C19H26OSSi. The van der Waals surface area contributed by atoms with Gasteiger partial charge in [0.05, 0.1) is 8.07 Å². The number of aryl methyl sites for hydroxylation is 2. The Morgan fingerprint density at radius 2 is 1.59 bits per heavy atom. The third kappa shape index (κ3) is 3.96. The number of rotatable bonds is 6. The van der Waals surface area contributed by atoms with Crippen molar-refractivity contribution in [3.8, 4) is 5.75 Å². The maximum Gasteiger partial charge on any atom is 0.119 e. The van der Waals surface area contributed by atoms with Gasteiger partial charge in [-0.1, -0.05) is 62.5 Å². The topological polar surface area (TPSA) is 20.2 Å². The average Bonchev–Trinajstić information content (AvgIpc) is 2.54. The van der Waals surface area contributed by atoms with E-state index in [2.05, 4.69) is 63.3 Å². The van der Waals surface area contributed by atoms with E-state index in [1.165, 1.54) is 15.6 Å². The Bertz CT molecular complexity index is 623. The van der Waals surface area contributed by atoms with Gasteiger partial charge in [0.25, 0.3) is 0 Å². The van der Waals surface area contributed by atoms with Crippen molar-refractivity contribution >= 4 is 25.0 Å². The molecule has 0 radical (unpaired) electrons. The third-order valence-electron chi connectivity index (χ3n) is 4.17. The van der Waals surface area contributed by atoms with Crippen LogP contribution in [0.5, 0.6) is 5.75 Å². The molecule has 0 amide bonds. The van der Waals surface area contributed by atoms with E-state index in [1.54, 1.807) is 0 Å². The molecule has 2 rings (SSSR count). The molecule has 3 heteroatoms. The van der Waals surface area contributed by atoms with Crippen molar-refractivity contribution in [1.82, 2.24) is 0 Å². The molecule has 0 heterocycles. The SMILES string of the molecule is CCc1cc(SC[Si](C)(C)c2ccccc2)c(CC)cc1O. The first-order valence-electron chi connectivity index (χ1n) is 8.01. The van der Waals surface area contributed by atoms with Crippen molar-refractivity contribution in [2.75, 3.05) is 5.38 Å². The molecule has 0 aliphatic carbocycles. The van der Waals surface area contributed by atoms with E-state index in [0.29, 0.717) is 5.75 Å². The van der Waals surface area contributed by atoms with Crippen molar-refractivity contribution in [1.29, 1.82) is 0 Å². The van der Waals surface area contributed by atoms with Crippen LogP contribution in [-0.2, 0) is 12.8 Å². The highest BCUT2D eigenvalue weighted by Crippen LogP contribution is 2.32. The molecule has 0 unspecified atom stereocenters. The van der Waals surface area contributed by atoms with E-state index in [0.717, 1.165) is 23.8 Å². The predicted octanol–water partition coefficient (Wildman–Crippen LogP) is 4.76. The quantitative estimate of drug-likeness (QED) is 0.608. The molecule has 0 aliphatic heterocycles. The van der Waals surface area contributed by atoms with E-state index < -0.39 is 8.07 Å². The van der Waals surface area contributed by atoms with Gasteiger partial charge >= 0.3 is 0 Å². The van der Waals surface area contributed by atoms with Crippen LogP contribution in [0, 0.1) is 0 Å². The predicted molar refractivity (Wildman–Crippen MR) is 101 cm³/mol. The molecule has 1 nitrogen and oxygen atoms in total. The van der Waals surface area contributed by atoms with Crippen LogP contribution in [0.15, 0.2) is 47.4 Å². The van der Waals surface area contributed by atoms with E-state index >= 15 is 0 Å². The molecule has 0 saturated carbocycles. The molecule has 0 fully saturated rings. The Labute approximate surface area is 139 Å². The van der Waals surface area contributed by atoms with Crippen molar-refractivity contribution in [2.24, 2.45) is 0 Å². The van der Waals surface area contributed by atoms with Gasteiger partial charge in [-0.3, -0.25) is 0 Å². The van der Waals surface area contributed by atoms with Crippen molar-refractivity contribution in [2.45, 2.75) is 44.7 Å². The molecule has 0 bridgehead atoms. The van der Waals surface area contributed by atoms with Crippen LogP contribution in [0.1, 0.15) is 25.0 Å². The largest absolute Gasteiger partial charge is 0.508 e. The van der Waals surface area contributed by atoms with E-state index in [-0.39, 0.29) is 0 Å². The van der Waals surface area contributed by atoms with Crippen LogP contribution >= 0.6 is 11.8 Å². The summed E-state index contributed by atoms with van der Waals surface area (Å²) in [5.41, 5.74) is 2.32. The second kappa shape index (κ2) is 7.38. The fourth-order valence-corrected chi connectivity index (χ4v) is 7.02. The van der Waals surface area contributed by atoms with Crippen LogP contribution in [0.4, 0.5) is 0 Å². The first-order chi connectivity index (χ1) is 10.5. The van der Waals surface area contributed by atoms with Crippen molar-refractivity contribution in [3.63, 3.8) is 0 Å². The van der Waals surface area contributed by atoms with Crippen LogP contribution in [0.3, 0.4) is 0 Å². The minimum absolute atomic E-state index is 0.447. The zero-order chi connectivity index (χ0) is 16.2. The Hall–Kier alpha value is -1.19. The molecule has 2 aromatic carbocycles. The lowest BCUT2D eigenvalue weighted by atomic mass is 10.1. The monoisotopic (exact) mass is 330 g/mol. The Morgan fingerprint density at radius 3 is 2.18 bits per heavy atom. The Kier molecular flexibility index (Phi) is 5.76. The van der Waals surface area contributed by atoms with Gasteiger partial charge in [0, 0.05) is 4.90 Å². The van der Waals surface area contributed by atoms with Gasteiger partial charge in [-0.05, 0) is 41.5 Å². The minimum Gasteiger partial charge on any atom is -0.508 e. The summed E-state index contributed by atoms with van der Waals surface area (Å²) in [5.74, 6) is 0.447. The number of benzene rings is 2. The fourth-order valence-electron chi connectivity index (χ4n) is 2.58. The third-order valence-corrected chi connectivity index (χ3v) is 10.2. The zero-order valence-electron chi connectivity index (χ0n) is 14.0. The molecule has 0 spiro atoms. The highest BCUT2D eigenvalue weighted by atomic mass is 32.2. The van der Waals surface area contributed by atoms with Crippen LogP contribution in [-0.4, -0.2) is 18.6 Å². The van der Waals surface area contributed by atoms with Crippen LogP contribution in [0.25, 0.3) is 0 Å². The average molecular weight is 331 g/mol. The second-order valence-electron chi connectivity index (χ2n) is 6.33. The molecule has 2 aromatic rings. The molecule has 118 valence electrons. The second-order valence-corrected chi connectivity index (χ2v) is 12.6. The smallest absolute Gasteiger partial charge is 0.119 e. The van der Waals surface area contributed by atoms with Crippen LogP contribution in [0.2, 0.25) is 13.1 Å². The maximum absolute atomic E-state index is 10.1. The molecular weight excluding hydrogens is 304 g/mol. The van der Waals surface area contributed by atoms with E-state index in [4.69, 9.17) is 0 Å². The van der Waals surface area contributed by atoms with Gasteiger partial charge in [-0.15, -0.1) is 11.8 Å². The maximum atomic E-state index is 10.1. The number of hydrogen-bond acceptors (Lipinski definition) is 2. The van der Waals surface area contributed by atoms with Crippen LogP contribution < -0.4 is 5.19 Å². The van der Waals surface area contributed by atoms with Gasteiger partial charge in [-0.2, -0.15) is 0 Å². The minimum atomic E-state index is -1.44. The summed E-state index contributed by atoms with van der Waals surface area (Å²) in [6, 6.07) is 15.0. The lowest BCUT2D eigenvalue weighted by Crippen LogP contribution is -2.44. The molecule has 22 heavy (non-hydrogen) atoms. The van der Waals surface area contributed by atoms with Gasteiger partial charge in [-0.25, -0.2) is 0 Å². The summed E-state index contributed by atoms with van der Waals surface area (Å²) in [6.45, 7) is 9.12. The van der Waals surface area contributed by atoms with Crippen molar-refractivity contribution < 1.29 is 5.11 Å². The number of thioether (sulfide) groups is 1. The molecule has 1 N–H and O–H groups in total. The van der Waals surface area contributed by atoms with E-state index in [9.17, 15) is 5.11 Å². The Balaban J connectivity index is 2.20. The summed E-state index contributed by atoms with van der Waals surface area (Å²) >= 11 is 1.96. The normalized spacial score (nSPS) is 11.6. The Morgan fingerprint density at radius 1 is 0.955 bits per heavy atom. The molecule has 0 aliphatic rings.